The van der Waals surface area contributed by atoms with Crippen molar-refractivity contribution in [3.05, 3.63) is 84.4 Å². The smallest absolute Gasteiger partial charge is 0.244 e. The van der Waals surface area contributed by atoms with Gasteiger partial charge in [-0.3, -0.25) is 9.78 Å². The Kier molecular flexibility index (Phi) is 6.39. The van der Waals surface area contributed by atoms with E-state index < -0.39 is 0 Å². The fourth-order valence-electron chi connectivity index (χ4n) is 5.12. The Morgan fingerprint density at radius 1 is 1.03 bits per heavy atom. The van der Waals surface area contributed by atoms with Crippen molar-refractivity contribution in [1.29, 1.82) is 0 Å². The molecule has 0 spiro atoms. The van der Waals surface area contributed by atoms with Gasteiger partial charge in [0, 0.05) is 29.8 Å². The molecule has 5 rings (SSSR count). The number of carbonyl (C=O) groups excluding carboxylic acids is 1. The Hall–Kier alpha value is -3.19. The molecule has 170 valence electrons. The number of nitrogens with zero attached hydrogens (tertiary/aromatic N) is 3. The Balaban J connectivity index is 1.46. The monoisotopic (exact) mass is 459 g/mol. The minimum atomic E-state index is -0.125. The van der Waals surface area contributed by atoms with Crippen LogP contribution in [0, 0.1) is 0 Å². The van der Waals surface area contributed by atoms with E-state index in [2.05, 4.69) is 38.5 Å². The number of pyridine rings is 1. The molecule has 3 aromatic rings. The molecule has 1 saturated carbocycles. The lowest BCUT2D eigenvalue weighted by Gasteiger charge is -2.32. The van der Waals surface area contributed by atoms with E-state index in [0.717, 1.165) is 11.4 Å². The number of para-hydroxylation sites is 1. The Bertz CT molecular complexity index is 1090. The first kappa shape index (κ1) is 21.6. The molecule has 3 heterocycles. The van der Waals surface area contributed by atoms with Crippen molar-refractivity contribution in [2.45, 2.75) is 50.2 Å². The van der Waals surface area contributed by atoms with E-state index in [1.165, 1.54) is 37.8 Å². The van der Waals surface area contributed by atoms with Crippen LogP contribution in [0.25, 0.3) is 0 Å². The second-order valence-electron chi connectivity index (χ2n) is 8.80. The van der Waals surface area contributed by atoms with Gasteiger partial charge in [-0.05, 0) is 61.5 Å². The van der Waals surface area contributed by atoms with Gasteiger partial charge >= 0.3 is 0 Å². The zero-order chi connectivity index (χ0) is 22.6. The minimum Gasteiger partial charge on any atom is -0.352 e. The molecule has 33 heavy (non-hydrogen) atoms. The molecule has 1 amide bonds. The van der Waals surface area contributed by atoms with Crippen LogP contribution >= 0.6 is 12.2 Å². The molecule has 2 fully saturated rings. The van der Waals surface area contributed by atoms with Gasteiger partial charge in [-0.2, -0.15) is 0 Å². The maximum Gasteiger partial charge on any atom is 0.244 e. The number of hydrogen-bond acceptors (Lipinski definition) is 3. The van der Waals surface area contributed by atoms with E-state index in [9.17, 15) is 4.79 Å². The van der Waals surface area contributed by atoms with Crippen molar-refractivity contribution in [2.24, 2.45) is 0 Å². The summed E-state index contributed by atoms with van der Waals surface area (Å²) in [6.07, 6.45) is 10.2. The molecule has 0 bridgehead atoms. The molecule has 1 aliphatic heterocycles. The third kappa shape index (κ3) is 4.64. The lowest BCUT2D eigenvalue weighted by atomic mass is 9.94. The van der Waals surface area contributed by atoms with E-state index in [1.807, 2.05) is 59.6 Å². The highest BCUT2D eigenvalue weighted by atomic mass is 32.1. The first-order valence-electron chi connectivity index (χ1n) is 11.7. The molecule has 2 aliphatic rings. The highest BCUT2D eigenvalue weighted by Gasteiger charge is 2.42. The molecule has 0 radical (unpaired) electrons. The van der Waals surface area contributed by atoms with Crippen LogP contribution in [0.15, 0.2) is 73.1 Å². The predicted molar refractivity (Wildman–Crippen MR) is 134 cm³/mol. The number of aromatic nitrogens is 2. The van der Waals surface area contributed by atoms with Crippen LogP contribution in [0.2, 0.25) is 0 Å². The average molecular weight is 460 g/mol. The van der Waals surface area contributed by atoms with Crippen LogP contribution in [-0.2, 0) is 4.79 Å². The second kappa shape index (κ2) is 9.75. The Morgan fingerprint density at radius 2 is 1.82 bits per heavy atom. The van der Waals surface area contributed by atoms with Crippen LogP contribution in [0.3, 0.4) is 0 Å². The van der Waals surface area contributed by atoms with Crippen molar-refractivity contribution in [3.8, 4) is 0 Å². The molecule has 2 aromatic heterocycles. The van der Waals surface area contributed by atoms with Crippen LogP contribution < -0.4 is 10.6 Å². The molecule has 7 heteroatoms. The van der Waals surface area contributed by atoms with Crippen LogP contribution in [0.5, 0.6) is 0 Å². The van der Waals surface area contributed by atoms with Gasteiger partial charge < -0.3 is 20.1 Å². The maximum atomic E-state index is 13.0. The first-order valence-corrected chi connectivity index (χ1v) is 12.1. The van der Waals surface area contributed by atoms with E-state index >= 15 is 0 Å². The molecular formula is C26H29N5OS. The molecule has 1 aliphatic carbocycles. The fraction of sp³-hybridized carbons (Fsp3) is 0.346. The number of hydrogen-bond donors (Lipinski definition) is 2. The van der Waals surface area contributed by atoms with Crippen molar-refractivity contribution in [1.82, 2.24) is 19.8 Å². The molecular weight excluding hydrogens is 430 g/mol. The van der Waals surface area contributed by atoms with E-state index in [4.69, 9.17) is 12.2 Å². The summed E-state index contributed by atoms with van der Waals surface area (Å²) in [6, 6.07) is 20.0. The van der Waals surface area contributed by atoms with Gasteiger partial charge in [-0.15, -0.1) is 0 Å². The summed E-state index contributed by atoms with van der Waals surface area (Å²) in [5, 5.41) is 7.04. The quantitative estimate of drug-likeness (QED) is 0.508. The van der Waals surface area contributed by atoms with E-state index in [0.29, 0.717) is 11.2 Å². The fourth-order valence-corrected chi connectivity index (χ4v) is 5.43. The van der Waals surface area contributed by atoms with E-state index in [-0.39, 0.29) is 24.5 Å². The van der Waals surface area contributed by atoms with Crippen molar-refractivity contribution in [2.75, 3.05) is 11.9 Å². The minimum absolute atomic E-state index is 0.0900. The molecule has 2 unspecified atom stereocenters. The zero-order valence-corrected chi connectivity index (χ0v) is 19.4. The van der Waals surface area contributed by atoms with Crippen LogP contribution in [-0.4, -0.2) is 32.0 Å². The van der Waals surface area contributed by atoms with E-state index in [1.54, 1.807) is 0 Å². The highest BCUT2D eigenvalue weighted by molar-refractivity contribution is 7.80. The van der Waals surface area contributed by atoms with Gasteiger partial charge in [0.2, 0.25) is 5.91 Å². The van der Waals surface area contributed by atoms with Crippen molar-refractivity contribution < 1.29 is 4.79 Å². The van der Waals surface area contributed by atoms with Crippen LogP contribution in [0.1, 0.15) is 61.6 Å². The number of benzene rings is 1. The molecule has 2 N–H and O–H groups in total. The van der Waals surface area contributed by atoms with Crippen molar-refractivity contribution >= 4 is 28.9 Å². The number of rotatable bonds is 6. The summed E-state index contributed by atoms with van der Waals surface area (Å²) >= 11 is 5.75. The molecule has 1 aromatic carbocycles. The predicted octanol–water partition coefficient (Wildman–Crippen LogP) is 5.00. The van der Waals surface area contributed by atoms with Gasteiger partial charge in [0.1, 0.15) is 6.54 Å². The number of nitrogens with one attached hydrogen (secondary N) is 2. The topological polar surface area (TPSA) is 62.2 Å². The molecule has 6 nitrogen and oxygen atoms in total. The third-order valence-corrected chi connectivity index (χ3v) is 7.00. The summed E-state index contributed by atoms with van der Waals surface area (Å²) in [5.74, 6) is -0.0900. The summed E-state index contributed by atoms with van der Waals surface area (Å²) in [6.45, 7) is 0.171. The second-order valence-corrected chi connectivity index (χ2v) is 9.19. The number of anilines is 1. The van der Waals surface area contributed by atoms with Crippen LogP contribution in [0.4, 0.5) is 5.69 Å². The number of amides is 1. The molecule has 2 atom stereocenters. The largest absolute Gasteiger partial charge is 0.352 e. The Labute approximate surface area is 200 Å². The molecule has 1 saturated heterocycles. The maximum absolute atomic E-state index is 13.0. The van der Waals surface area contributed by atoms with Gasteiger partial charge in [0.15, 0.2) is 5.11 Å². The standard InChI is InChI=1S/C26H29N5OS/c32-23(28-19-10-3-1-4-11-19)18-31-25(24(29-26(31)33)21-14-7-8-16-27-21)22-15-9-17-30(22)20-12-5-2-6-13-20/h1,3-4,7-11,14-17,20,24-25H,2,5-6,12-13,18H2,(H,28,32)(H,29,33). The Morgan fingerprint density at radius 3 is 2.58 bits per heavy atom. The summed E-state index contributed by atoms with van der Waals surface area (Å²) in [4.78, 5) is 19.6. The highest BCUT2D eigenvalue weighted by Crippen LogP contribution is 2.41. The van der Waals surface area contributed by atoms with Crippen molar-refractivity contribution in [3.63, 3.8) is 0 Å². The number of carbonyl (C=O) groups is 1. The zero-order valence-electron chi connectivity index (χ0n) is 18.6. The summed E-state index contributed by atoms with van der Waals surface area (Å²) in [7, 11) is 0. The lowest BCUT2D eigenvalue weighted by Crippen LogP contribution is -2.37. The third-order valence-electron chi connectivity index (χ3n) is 6.65. The SMILES string of the molecule is O=C(CN1C(=S)NC(c2ccccn2)C1c1cccn1C1CCCCC1)Nc1ccccc1. The number of thiocarbonyl (C=S) groups is 1. The van der Waals surface area contributed by atoms with Gasteiger partial charge in [0.25, 0.3) is 0 Å². The van der Waals surface area contributed by atoms with Gasteiger partial charge in [-0.1, -0.05) is 43.5 Å². The lowest BCUT2D eigenvalue weighted by molar-refractivity contribution is -0.116. The average Bonchev–Trinajstić information content (AvgIpc) is 3.45. The first-order chi connectivity index (χ1) is 16.2. The van der Waals surface area contributed by atoms with Gasteiger partial charge in [0.05, 0.1) is 17.8 Å². The van der Waals surface area contributed by atoms with Gasteiger partial charge in [-0.25, -0.2) is 0 Å². The normalized spacial score (nSPS) is 21.1. The summed E-state index contributed by atoms with van der Waals surface area (Å²) in [5.41, 5.74) is 2.88. The summed E-state index contributed by atoms with van der Waals surface area (Å²) < 4.78 is 2.41.